The van der Waals surface area contributed by atoms with Gasteiger partial charge < -0.3 is 9.64 Å². The van der Waals surface area contributed by atoms with Crippen molar-refractivity contribution in [3.05, 3.63) is 95.3 Å². The van der Waals surface area contributed by atoms with Crippen molar-refractivity contribution in [1.29, 1.82) is 0 Å². The lowest BCUT2D eigenvalue weighted by Gasteiger charge is -2.31. The van der Waals surface area contributed by atoms with E-state index in [0.717, 1.165) is 25.7 Å². The van der Waals surface area contributed by atoms with Crippen LogP contribution in [0.25, 0.3) is 0 Å². The molecule has 8 heteroatoms. The van der Waals surface area contributed by atoms with Gasteiger partial charge in [0.1, 0.15) is 23.1 Å². The van der Waals surface area contributed by atoms with Gasteiger partial charge in [-0.2, -0.15) is 0 Å². The summed E-state index contributed by atoms with van der Waals surface area (Å²) in [7, 11) is 0. The van der Waals surface area contributed by atoms with Crippen molar-refractivity contribution in [1.82, 2.24) is 9.88 Å². The minimum atomic E-state index is -0.379. The Morgan fingerprint density at radius 3 is 1.98 bits per heavy atom. The van der Waals surface area contributed by atoms with Crippen molar-refractivity contribution in [2.45, 2.75) is 51.0 Å². The maximum absolute atomic E-state index is 13.2. The van der Waals surface area contributed by atoms with Crippen LogP contribution in [0.4, 0.5) is 8.78 Å². The molecule has 0 N–H and O–H groups in total. The number of amides is 1. The van der Waals surface area contributed by atoms with Crippen LogP contribution in [0.1, 0.15) is 76.2 Å². The molecule has 1 aliphatic carbocycles. The first-order valence-corrected chi connectivity index (χ1v) is 13.9. The number of rotatable bonds is 8. The van der Waals surface area contributed by atoms with E-state index in [4.69, 9.17) is 4.74 Å². The summed E-state index contributed by atoms with van der Waals surface area (Å²) in [5, 5.41) is 0. The summed E-state index contributed by atoms with van der Waals surface area (Å²) in [4.78, 5) is 44.6. The monoisotopic (exact) mass is 546 g/mol. The van der Waals surface area contributed by atoms with Crippen LogP contribution in [-0.4, -0.2) is 46.6 Å². The average molecular weight is 547 g/mol. The Labute approximate surface area is 232 Å². The summed E-state index contributed by atoms with van der Waals surface area (Å²) in [6.07, 6.45) is 6.42. The zero-order chi connectivity index (χ0) is 28.1. The molecule has 2 fully saturated rings. The molecule has 0 unspecified atom stereocenters. The molecule has 5 rings (SSSR count). The van der Waals surface area contributed by atoms with Gasteiger partial charge in [-0.1, -0.05) is 0 Å². The number of halogens is 2. The molecule has 2 aromatic carbocycles. The molecular weight excluding hydrogens is 514 g/mol. The summed E-state index contributed by atoms with van der Waals surface area (Å²) in [5.74, 6) is -0.193. The Morgan fingerprint density at radius 2 is 1.38 bits per heavy atom. The van der Waals surface area contributed by atoms with E-state index in [2.05, 4.69) is 4.98 Å². The van der Waals surface area contributed by atoms with Crippen molar-refractivity contribution in [2.24, 2.45) is 11.8 Å². The number of piperidine rings is 1. The SMILES string of the molecule is O=C(CC1CCC(Oc2ccc(F)cc2)CC1)c1ccc(C(=O)N2CCC(C(=O)c3ccc(F)cc3)CC2)cn1. The molecule has 1 aliphatic heterocycles. The molecule has 2 heterocycles. The maximum atomic E-state index is 13.2. The van der Waals surface area contributed by atoms with Gasteiger partial charge in [0.05, 0.1) is 11.7 Å². The summed E-state index contributed by atoms with van der Waals surface area (Å²) >= 11 is 0. The van der Waals surface area contributed by atoms with Gasteiger partial charge in [-0.05, 0) is 105 Å². The number of benzene rings is 2. The van der Waals surface area contributed by atoms with Crippen LogP contribution in [0, 0.1) is 23.5 Å². The third-order valence-electron chi connectivity index (χ3n) is 7.96. The topological polar surface area (TPSA) is 76.6 Å². The second-order valence-corrected chi connectivity index (χ2v) is 10.7. The van der Waals surface area contributed by atoms with E-state index in [1.807, 2.05) is 0 Å². The van der Waals surface area contributed by atoms with Crippen LogP contribution in [0.5, 0.6) is 5.75 Å². The number of Topliss-reactive ketones (excluding diaryl/α,β-unsaturated/α-hetero) is 2. The molecule has 1 aromatic heterocycles. The molecular formula is C32H32F2N2O4. The van der Waals surface area contributed by atoms with Crippen LogP contribution in [0.3, 0.4) is 0 Å². The zero-order valence-electron chi connectivity index (χ0n) is 22.2. The van der Waals surface area contributed by atoms with Crippen molar-refractivity contribution in [3.63, 3.8) is 0 Å². The third kappa shape index (κ3) is 6.79. The smallest absolute Gasteiger partial charge is 0.255 e. The molecule has 1 saturated heterocycles. The van der Waals surface area contributed by atoms with Crippen LogP contribution >= 0.6 is 0 Å². The molecule has 6 nitrogen and oxygen atoms in total. The molecule has 0 bridgehead atoms. The number of hydrogen-bond acceptors (Lipinski definition) is 5. The molecule has 208 valence electrons. The van der Waals surface area contributed by atoms with E-state index in [1.54, 1.807) is 29.2 Å². The number of carbonyl (C=O) groups excluding carboxylic acids is 3. The zero-order valence-corrected chi connectivity index (χ0v) is 22.2. The van der Waals surface area contributed by atoms with Crippen LogP contribution in [-0.2, 0) is 0 Å². The summed E-state index contributed by atoms with van der Waals surface area (Å²) in [5.41, 5.74) is 1.25. The van der Waals surface area contributed by atoms with Gasteiger partial charge in [0.15, 0.2) is 11.6 Å². The predicted octanol–water partition coefficient (Wildman–Crippen LogP) is 6.31. The minimum absolute atomic E-state index is 0.0227. The highest BCUT2D eigenvalue weighted by Gasteiger charge is 2.29. The lowest BCUT2D eigenvalue weighted by atomic mass is 9.84. The number of pyridine rings is 1. The highest BCUT2D eigenvalue weighted by molar-refractivity contribution is 5.99. The third-order valence-corrected chi connectivity index (χ3v) is 7.96. The first-order chi connectivity index (χ1) is 19.4. The molecule has 0 radical (unpaired) electrons. The summed E-state index contributed by atoms with van der Waals surface area (Å²) in [6, 6.07) is 14.8. The Hall–Kier alpha value is -3.94. The number of likely N-dealkylation sites (tertiary alicyclic amines) is 1. The first kappa shape index (κ1) is 27.6. The Kier molecular flexibility index (Phi) is 8.63. The fraction of sp³-hybridized carbons (Fsp3) is 0.375. The van der Waals surface area contributed by atoms with Gasteiger partial charge in [-0.25, -0.2) is 8.78 Å². The summed E-state index contributed by atoms with van der Waals surface area (Å²) in [6.45, 7) is 0.898. The highest BCUT2D eigenvalue weighted by Crippen LogP contribution is 2.30. The van der Waals surface area contributed by atoms with Gasteiger partial charge in [0.25, 0.3) is 5.91 Å². The van der Waals surface area contributed by atoms with Gasteiger partial charge >= 0.3 is 0 Å². The fourth-order valence-corrected chi connectivity index (χ4v) is 5.59. The number of nitrogens with zero attached hydrogens (tertiary/aromatic N) is 2. The Bertz CT molecular complexity index is 1330. The molecule has 1 saturated carbocycles. The Morgan fingerprint density at radius 1 is 0.775 bits per heavy atom. The van der Waals surface area contributed by atoms with E-state index >= 15 is 0 Å². The van der Waals surface area contributed by atoms with E-state index < -0.39 is 0 Å². The molecule has 3 aromatic rings. The standard InChI is InChI=1S/C32H32F2N2O4/c33-25-6-3-22(4-7-25)31(38)23-15-17-36(18-16-23)32(39)24-5-14-29(35-20-24)30(37)19-21-1-10-27(11-2-21)40-28-12-8-26(34)9-13-28/h3-9,12-14,20-21,23,27H,1-2,10-11,15-19H2. The number of aromatic nitrogens is 1. The second kappa shape index (κ2) is 12.5. The van der Waals surface area contributed by atoms with Gasteiger partial charge in [0.2, 0.25) is 0 Å². The van der Waals surface area contributed by atoms with Crippen molar-refractivity contribution in [3.8, 4) is 5.75 Å². The highest BCUT2D eigenvalue weighted by atomic mass is 19.1. The normalized spacial score (nSPS) is 19.7. The van der Waals surface area contributed by atoms with Crippen molar-refractivity contribution in [2.75, 3.05) is 13.1 Å². The largest absolute Gasteiger partial charge is 0.490 e. The van der Waals surface area contributed by atoms with Crippen molar-refractivity contribution < 1.29 is 27.9 Å². The number of carbonyl (C=O) groups is 3. The molecule has 40 heavy (non-hydrogen) atoms. The first-order valence-electron chi connectivity index (χ1n) is 13.9. The van der Waals surface area contributed by atoms with E-state index in [-0.39, 0.29) is 47.0 Å². The van der Waals surface area contributed by atoms with E-state index in [0.29, 0.717) is 54.9 Å². The lowest BCUT2D eigenvalue weighted by molar-refractivity contribution is 0.0649. The second-order valence-electron chi connectivity index (χ2n) is 10.7. The quantitative estimate of drug-likeness (QED) is 0.310. The van der Waals surface area contributed by atoms with E-state index in [1.165, 1.54) is 42.6 Å². The van der Waals surface area contributed by atoms with Gasteiger partial charge in [-0.3, -0.25) is 19.4 Å². The van der Waals surface area contributed by atoms with Crippen molar-refractivity contribution >= 4 is 17.5 Å². The number of ketones is 2. The predicted molar refractivity (Wildman–Crippen MR) is 145 cm³/mol. The minimum Gasteiger partial charge on any atom is -0.490 e. The summed E-state index contributed by atoms with van der Waals surface area (Å²) < 4.78 is 32.2. The van der Waals surface area contributed by atoms with Gasteiger partial charge in [-0.15, -0.1) is 0 Å². The lowest BCUT2D eigenvalue weighted by Crippen LogP contribution is -2.40. The fourth-order valence-electron chi connectivity index (χ4n) is 5.59. The van der Waals surface area contributed by atoms with Crippen LogP contribution < -0.4 is 4.74 Å². The average Bonchev–Trinajstić information content (AvgIpc) is 2.99. The number of hydrogen-bond donors (Lipinski definition) is 0. The van der Waals surface area contributed by atoms with Gasteiger partial charge in [0, 0.05) is 37.2 Å². The molecule has 1 amide bonds. The number of ether oxygens (including phenoxy) is 1. The maximum Gasteiger partial charge on any atom is 0.255 e. The molecule has 0 spiro atoms. The Balaban J connectivity index is 1.07. The van der Waals surface area contributed by atoms with Crippen LogP contribution in [0.2, 0.25) is 0 Å². The molecule has 0 atom stereocenters. The van der Waals surface area contributed by atoms with E-state index in [9.17, 15) is 23.2 Å². The molecule has 2 aliphatic rings. The van der Waals surface area contributed by atoms with Crippen LogP contribution in [0.15, 0.2) is 66.9 Å².